The molecule has 0 bridgehead atoms. The summed E-state index contributed by atoms with van der Waals surface area (Å²) in [6, 6.07) is 16.4. The summed E-state index contributed by atoms with van der Waals surface area (Å²) in [5.41, 5.74) is 14.2. The number of primary amides is 2. The van der Waals surface area contributed by atoms with Crippen molar-refractivity contribution in [3.63, 3.8) is 0 Å². The predicted octanol–water partition coefficient (Wildman–Crippen LogP) is 6.81. The Bertz CT molecular complexity index is 2650. The summed E-state index contributed by atoms with van der Waals surface area (Å²) >= 11 is 0. The number of hydrogen-bond donors (Lipinski definition) is 2. The second kappa shape index (κ2) is 16.2. The highest BCUT2D eigenvalue weighted by Gasteiger charge is 2.43. The highest BCUT2D eigenvalue weighted by molar-refractivity contribution is 5.99. The summed E-state index contributed by atoms with van der Waals surface area (Å²) in [5.74, 6) is -6.38. The van der Waals surface area contributed by atoms with Crippen molar-refractivity contribution in [1.82, 2.24) is 24.8 Å². The highest BCUT2D eigenvalue weighted by atomic mass is 19.1. The molecule has 0 fully saturated rings. The Balaban J connectivity index is 1.16. The number of nitrogens with zero attached hydrogens (tertiary/aromatic N) is 5. The van der Waals surface area contributed by atoms with E-state index in [-0.39, 0.29) is 70.5 Å². The van der Waals surface area contributed by atoms with Gasteiger partial charge in [-0.05, 0) is 108 Å². The van der Waals surface area contributed by atoms with E-state index in [4.69, 9.17) is 11.5 Å². The van der Waals surface area contributed by atoms with E-state index in [0.29, 0.717) is 11.1 Å². The van der Waals surface area contributed by atoms with Crippen LogP contribution in [0.5, 0.6) is 0 Å². The van der Waals surface area contributed by atoms with Crippen molar-refractivity contribution in [3.05, 3.63) is 184 Å². The first-order valence-electron chi connectivity index (χ1n) is 19.0. The zero-order valence-corrected chi connectivity index (χ0v) is 31.6. The molecule has 8 rings (SSSR count). The summed E-state index contributed by atoms with van der Waals surface area (Å²) in [6.45, 7) is 0. The maximum Gasteiger partial charge on any atom is 0.256 e. The van der Waals surface area contributed by atoms with Gasteiger partial charge in [0.05, 0.1) is 29.0 Å². The molecule has 0 aliphatic heterocycles. The number of nitrogens with two attached hydrogens (primary N) is 2. The topological polar surface area (TPSA) is 165 Å². The molecule has 4 atom stereocenters. The Hall–Kier alpha value is -7.29. The molecule has 2 aliphatic carbocycles. The molecule has 2 aliphatic rings. The van der Waals surface area contributed by atoms with E-state index in [1.54, 1.807) is 36.4 Å². The van der Waals surface area contributed by atoms with Crippen molar-refractivity contribution >= 4 is 23.6 Å². The van der Waals surface area contributed by atoms with Gasteiger partial charge >= 0.3 is 0 Å². The van der Waals surface area contributed by atoms with Crippen LogP contribution in [-0.2, 0) is 22.4 Å². The Labute approximate surface area is 340 Å². The molecule has 302 valence electrons. The Morgan fingerprint density at radius 2 is 1.17 bits per heavy atom. The number of aromatic nitrogens is 3. The number of carbonyl (C=O) groups excluding carboxylic acids is 4. The van der Waals surface area contributed by atoms with Crippen molar-refractivity contribution in [2.45, 2.75) is 49.9 Å². The quantitative estimate of drug-likeness (QED) is 0.136. The lowest BCUT2D eigenvalue weighted by atomic mass is 9.98. The maximum absolute atomic E-state index is 15.0. The van der Waals surface area contributed by atoms with Crippen LogP contribution in [0.1, 0.15) is 91.4 Å². The first kappa shape index (κ1) is 39.5. The minimum atomic E-state index is -1.49. The molecule has 0 radical (unpaired) electrons. The van der Waals surface area contributed by atoms with Gasteiger partial charge in [0.25, 0.3) is 11.8 Å². The average molecular weight is 814 g/mol. The third-order valence-electron chi connectivity index (χ3n) is 11.1. The molecule has 4 N–H and O–H groups in total. The Kier molecular flexibility index (Phi) is 10.6. The lowest BCUT2D eigenvalue weighted by molar-refractivity contribution is -0.124. The molecule has 11 nitrogen and oxygen atoms in total. The fourth-order valence-corrected chi connectivity index (χ4v) is 8.44. The monoisotopic (exact) mass is 813 g/mol. The third kappa shape index (κ3) is 7.33. The SMILES string of the molecule is NC(=O)[C@H](c1ccccn1)N(C(=O)c1cccc(-c2ccc([C@H](C(N)=O)N(C(=O)c3cccnc3)[C@@H]3CCc4c(F)cc(F)cc43)nc2)c1)[C@@H]1CCc2c(F)cc(F)cc21. The second-order valence-corrected chi connectivity index (χ2v) is 14.6. The van der Waals surface area contributed by atoms with E-state index in [9.17, 15) is 36.7 Å². The minimum absolute atomic E-state index is 0.0613. The number of benzene rings is 3. The van der Waals surface area contributed by atoms with Crippen LogP contribution in [0.25, 0.3) is 11.1 Å². The number of hydrogen-bond acceptors (Lipinski definition) is 7. The van der Waals surface area contributed by atoms with Gasteiger partial charge in [0, 0.05) is 48.0 Å². The Morgan fingerprint density at radius 3 is 1.68 bits per heavy atom. The number of pyridine rings is 3. The van der Waals surface area contributed by atoms with Crippen molar-refractivity contribution in [2.24, 2.45) is 11.5 Å². The second-order valence-electron chi connectivity index (χ2n) is 14.6. The number of rotatable bonds is 11. The van der Waals surface area contributed by atoms with Crippen molar-refractivity contribution in [2.75, 3.05) is 0 Å². The lowest BCUT2D eigenvalue weighted by Gasteiger charge is -2.35. The van der Waals surface area contributed by atoms with Crippen LogP contribution in [0.15, 0.2) is 116 Å². The number of carbonyl (C=O) groups is 4. The highest BCUT2D eigenvalue weighted by Crippen LogP contribution is 2.44. The largest absolute Gasteiger partial charge is 0.368 e. The van der Waals surface area contributed by atoms with E-state index in [1.807, 2.05) is 0 Å². The standard InChI is InChI=1S/C45H35F4N7O4/c46-28-18-32-30(34(48)20-28)10-13-38(32)55(40(42(50)57)36-8-1-2-16-53-36)44(59)25-6-3-5-24(17-25)26-9-12-37(54-23-26)41(43(51)58)56(45(60)27-7-4-15-52-22-27)39-14-11-31-33(39)19-29(47)21-35(31)49/h1-9,12,15-23,38-41H,10-11,13-14H2,(H2,50,57)(H2,51,58)/t38-,39-,40+,41-/m1/s1. The van der Waals surface area contributed by atoms with E-state index in [0.717, 1.165) is 24.3 Å². The number of fused-ring (bicyclic) bond motifs is 2. The fraction of sp³-hybridized carbons (Fsp3) is 0.178. The van der Waals surface area contributed by atoms with Gasteiger partial charge in [0.15, 0.2) is 12.1 Å². The van der Waals surface area contributed by atoms with Crippen molar-refractivity contribution in [3.8, 4) is 11.1 Å². The van der Waals surface area contributed by atoms with E-state index >= 15 is 0 Å². The van der Waals surface area contributed by atoms with Crippen molar-refractivity contribution < 1.29 is 36.7 Å². The molecule has 3 aromatic heterocycles. The molecule has 6 aromatic rings. The third-order valence-corrected chi connectivity index (χ3v) is 11.1. The first-order chi connectivity index (χ1) is 28.9. The smallest absolute Gasteiger partial charge is 0.256 e. The molecular weight excluding hydrogens is 779 g/mol. The fourth-order valence-electron chi connectivity index (χ4n) is 8.44. The Morgan fingerprint density at radius 1 is 0.583 bits per heavy atom. The van der Waals surface area contributed by atoms with Gasteiger partial charge in [-0.2, -0.15) is 0 Å². The molecule has 3 aromatic carbocycles. The summed E-state index contributed by atoms with van der Waals surface area (Å²) in [5, 5.41) is 0. The van der Waals surface area contributed by atoms with Gasteiger partial charge in [-0.15, -0.1) is 0 Å². The molecular formula is C45H35F4N7O4. The molecule has 60 heavy (non-hydrogen) atoms. The van der Waals surface area contributed by atoms with Crippen LogP contribution in [0.2, 0.25) is 0 Å². The molecule has 0 spiro atoms. The van der Waals surface area contributed by atoms with Crippen LogP contribution in [0.3, 0.4) is 0 Å². The van der Waals surface area contributed by atoms with Crippen LogP contribution >= 0.6 is 0 Å². The maximum atomic E-state index is 15.0. The molecule has 4 amide bonds. The number of amides is 4. The van der Waals surface area contributed by atoms with Gasteiger partial charge < -0.3 is 21.3 Å². The van der Waals surface area contributed by atoms with Gasteiger partial charge in [0.1, 0.15) is 23.3 Å². The molecule has 15 heteroatoms. The van der Waals surface area contributed by atoms with Gasteiger partial charge in [0.2, 0.25) is 11.8 Å². The normalized spacial score (nSPS) is 16.3. The van der Waals surface area contributed by atoms with Crippen molar-refractivity contribution in [1.29, 1.82) is 0 Å². The summed E-state index contributed by atoms with van der Waals surface area (Å²) < 4.78 is 59.1. The number of halogens is 4. The lowest BCUT2D eigenvalue weighted by Crippen LogP contribution is -2.44. The predicted molar refractivity (Wildman–Crippen MR) is 209 cm³/mol. The summed E-state index contributed by atoms with van der Waals surface area (Å²) in [7, 11) is 0. The van der Waals surface area contributed by atoms with Crippen LogP contribution in [-0.4, -0.2) is 48.4 Å². The molecule has 0 saturated carbocycles. The average Bonchev–Trinajstić information content (AvgIpc) is 3.86. The van der Waals surface area contributed by atoms with E-state index < -0.39 is 71.1 Å². The van der Waals surface area contributed by atoms with Gasteiger partial charge in [-0.1, -0.05) is 24.3 Å². The van der Waals surface area contributed by atoms with E-state index in [1.165, 1.54) is 64.9 Å². The van der Waals surface area contributed by atoms with Crippen LogP contribution in [0, 0.1) is 23.3 Å². The minimum Gasteiger partial charge on any atom is -0.368 e. The zero-order valence-electron chi connectivity index (χ0n) is 31.6. The molecule has 0 unspecified atom stereocenters. The van der Waals surface area contributed by atoms with Gasteiger partial charge in [-0.3, -0.25) is 34.1 Å². The zero-order chi connectivity index (χ0) is 42.2. The first-order valence-corrected chi connectivity index (χ1v) is 19.0. The summed E-state index contributed by atoms with van der Waals surface area (Å²) in [4.78, 5) is 70.7. The van der Waals surface area contributed by atoms with Gasteiger partial charge in [-0.25, -0.2) is 17.6 Å². The van der Waals surface area contributed by atoms with E-state index in [2.05, 4.69) is 15.0 Å². The molecule has 3 heterocycles. The summed E-state index contributed by atoms with van der Waals surface area (Å²) in [6.07, 6.45) is 6.35. The van der Waals surface area contributed by atoms with Crippen LogP contribution in [0.4, 0.5) is 17.6 Å². The molecule has 0 saturated heterocycles. The van der Waals surface area contributed by atoms with Crippen LogP contribution < -0.4 is 11.5 Å².